The van der Waals surface area contributed by atoms with E-state index in [0.29, 0.717) is 12.2 Å². The fourth-order valence-electron chi connectivity index (χ4n) is 3.80. The highest BCUT2D eigenvalue weighted by atomic mass is 127. The van der Waals surface area contributed by atoms with Crippen molar-refractivity contribution in [1.82, 2.24) is 4.90 Å². The Kier molecular flexibility index (Phi) is 11.3. The number of rotatable bonds is 11. The molecule has 0 bridgehead atoms. The van der Waals surface area contributed by atoms with Crippen molar-refractivity contribution in [2.75, 3.05) is 26.2 Å². The lowest BCUT2D eigenvalue weighted by Gasteiger charge is -2.20. The van der Waals surface area contributed by atoms with Crippen molar-refractivity contribution in [3.63, 3.8) is 0 Å². The number of hydrogen-bond donors (Lipinski definition) is 0. The highest BCUT2D eigenvalue weighted by Crippen LogP contribution is 2.43. The lowest BCUT2D eigenvalue weighted by atomic mass is 9.95. The van der Waals surface area contributed by atoms with Crippen LogP contribution in [0, 0.1) is 7.14 Å². The molecule has 0 spiro atoms. The molecule has 2 aromatic carbocycles. The fourth-order valence-corrected chi connectivity index (χ4v) is 6.10. The number of hydrogen-bond acceptors (Lipinski definition) is 4. The van der Waals surface area contributed by atoms with E-state index in [-0.39, 0.29) is 12.4 Å². The molecule has 0 fully saturated rings. The van der Waals surface area contributed by atoms with Crippen LogP contribution in [-0.2, 0) is 6.42 Å². The van der Waals surface area contributed by atoms with Crippen molar-refractivity contribution in [3.8, 4) is 16.9 Å². The van der Waals surface area contributed by atoms with Crippen molar-refractivity contribution in [2.24, 2.45) is 0 Å². The van der Waals surface area contributed by atoms with Crippen molar-refractivity contribution in [1.29, 1.82) is 0 Å². The summed E-state index contributed by atoms with van der Waals surface area (Å²) in [6.07, 6.45) is 3.92. The van der Waals surface area contributed by atoms with E-state index in [9.17, 15) is 4.79 Å². The first-order chi connectivity index (χ1) is 15.0. The molecule has 0 aliphatic carbocycles. The second-order valence-corrected chi connectivity index (χ2v) is 9.70. The van der Waals surface area contributed by atoms with E-state index in [4.69, 9.17) is 9.15 Å². The Balaban J connectivity index is 0.00000363. The van der Waals surface area contributed by atoms with Crippen molar-refractivity contribution in [3.05, 3.63) is 48.8 Å². The smallest absolute Gasteiger partial charge is 0.150 e. The molecular formula is C25H30ClI2NO3. The first kappa shape index (κ1) is 27.4. The van der Waals surface area contributed by atoms with Gasteiger partial charge in [-0.2, -0.15) is 0 Å². The van der Waals surface area contributed by atoms with E-state index in [1.807, 2.05) is 24.3 Å². The zero-order valence-corrected chi connectivity index (χ0v) is 23.9. The topological polar surface area (TPSA) is 42.7 Å². The summed E-state index contributed by atoms with van der Waals surface area (Å²) in [5, 5.41) is 1.05. The third kappa shape index (κ3) is 5.98. The normalized spacial score (nSPS) is 11.1. The number of carbonyl (C=O) groups is 1. The number of aryl methyl sites for hydroxylation is 1. The van der Waals surface area contributed by atoms with Crippen LogP contribution in [0.25, 0.3) is 22.1 Å². The van der Waals surface area contributed by atoms with Gasteiger partial charge in [0.1, 0.15) is 23.7 Å². The standard InChI is InChI=1S/C25H29I2NO3.ClH/c1-4-7-11-21-23(18-10-8-9-12-20(18)31-21)22-17(16-29)15-19(26)25(24(22)27)30-14-13-28(5-2)6-3;/h8-10,12,15-16H,4-7,11,13-14H2,1-3H3;1H. The van der Waals surface area contributed by atoms with Crippen LogP contribution in [0.5, 0.6) is 5.75 Å². The van der Waals surface area contributed by atoms with Gasteiger partial charge in [0.05, 0.1) is 7.14 Å². The van der Waals surface area contributed by atoms with Crippen molar-refractivity contribution < 1.29 is 13.9 Å². The van der Waals surface area contributed by atoms with Crippen LogP contribution in [0.2, 0.25) is 0 Å². The summed E-state index contributed by atoms with van der Waals surface area (Å²) in [6, 6.07) is 10.0. The number of nitrogens with zero attached hydrogens (tertiary/aromatic N) is 1. The Labute approximate surface area is 224 Å². The van der Waals surface area contributed by atoms with Gasteiger partial charge in [0.15, 0.2) is 6.29 Å². The van der Waals surface area contributed by atoms with Gasteiger partial charge in [0, 0.05) is 35.0 Å². The third-order valence-electron chi connectivity index (χ3n) is 5.56. The molecule has 0 radical (unpaired) electrons. The molecule has 0 saturated carbocycles. The number of furan rings is 1. The molecule has 0 aliphatic rings. The van der Waals surface area contributed by atoms with Gasteiger partial charge in [-0.15, -0.1) is 12.4 Å². The minimum atomic E-state index is 0. The number of halogens is 3. The van der Waals surface area contributed by atoms with E-state index in [1.165, 1.54) is 0 Å². The Morgan fingerprint density at radius 3 is 2.47 bits per heavy atom. The molecule has 0 unspecified atom stereocenters. The van der Waals surface area contributed by atoms with Gasteiger partial charge < -0.3 is 14.1 Å². The zero-order valence-electron chi connectivity index (χ0n) is 18.7. The van der Waals surface area contributed by atoms with E-state index in [1.54, 1.807) is 0 Å². The molecule has 0 N–H and O–H groups in total. The predicted octanol–water partition coefficient (Wildman–Crippen LogP) is 7.61. The summed E-state index contributed by atoms with van der Waals surface area (Å²) in [7, 11) is 0. The number of aldehydes is 1. The van der Waals surface area contributed by atoms with E-state index >= 15 is 0 Å². The number of benzene rings is 2. The van der Waals surface area contributed by atoms with Crippen molar-refractivity contribution >= 4 is 74.8 Å². The van der Waals surface area contributed by atoms with Crippen LogP contribution >= 0.6 is 57.6 Å². The molecule has 7 heteroatoms. The number of likely N-dealkylation sites (N-methyl/N-ethyl adjacent to an activating group) is 1. The summed E-state index contributed by atoms with van der Waals surface area (Å²) >= 11 is 4.60. The lowest BCUT2D eigenvalue weighted by molar-refractivity contribution is 0.112. The Bertz CT molecular complexity index is 1050. The van der Waals surface area contributed by atoms with Gasteiger partial charge in [-0.3, -0.25) is 4.79 Å². The molecule has 4 nitrogen and oxygen atoms in total. The van der Waals surface area contributed by atoms with E-state index in [2.05, 4.69) is 76.9 Å². The monoisotopic (exact) mass is 681 g/mol. The molecule has 0 saturated heterocycles. The molecule has 1 aromatic heterocycles. The lowest BCUT2D eigenvalue weighted by Crippen LogP contribution is -2.28. The molecule has 3 aromatic rings. The number of fused-ring (bicyclic) bond motifs is 1. The fraction of sp³-hybridized carbons (Fsp3) is 0.400. The minimum Gasteiger partial charge on any atom is -0.490 e. The summed E-state index contributed by atoms with van der Waals surface area (Å²) in [5.41, 5.74) is 3.48. The predicted molar refractivity (Wildman–Crippen MR) is 152 cm³/mol. The average molecular weight is 682 g/mol. The van der Waals surface area contributed by atoms with Gasteiger partial charge in [0.25, 0.3) is 0 Å². The first-order valence-corrected chi connectivity index (χ1v) is 13.0. The van der Waals surface area contributed by atoms with Gasteiger partial charge in [-0.05, 0) is 76.8 Å². The maximum absolute atomic E-state index is 12.1. The number of unbranched alkanes of at least 4 members (excludes halogenated alkanes) is 1. The van der Waals surface area contributed by atoms with E-state index in [0.717, 1.165) is 85.9 Å². The highest BCUT2D eigenvalue weighted by Gasteiger charge is 2.24. The maximum Gasteiger partial charge on any atom is 0.150 e. The molecule has 0 amide bonds. The molecule has 0 atom stereocenters. The first-order valence-electron chi connectivity index (χ1n) is 10.9. The zero-order chi connectivity index (χ0) is 22.4. The Hall–Kier alpha value is -0.840. The second kappa shape index (κ2) is 13.2. The molecule has 1 heterocycles. The molecule has 32 heavy (non-hydrogen) atoms. The third-order valence-corrected chi connectivity index (χ3v) is 7.39. The minimum absolute atomic E-state index is 0. The summed E-state index contributed by atoms with van der Waals surface area (Å²) in [4.78, 5) is 14.4. The van der Waals surface area contributed by atoms with Crippen LogP contribution < -0.4 is 4.74 Å². The Morgan fingerprint density at radius 1 is 1.09 bits per heavy atom. The van der Waals surface area contributed by atoms with Crippen LogP contribution in [0.15, 0.2) is 34.7 Å². The van der Waals surface area contributed by atoms with Gasteiger partial charge in [-0.1, -0.05) is 45.4 Å². The van der Waals surface area contributed by atoms with Crippen LogP contribution in [-0.4, -0.2) is 37.4 Å². The number of carbonyl (C=O) groups excluding carboxylic acids is 1. The van der Waals surface area contributed by atoms with E-state index < -0.39 is 0 Å². The number of para-hydroxylation sites is 1. The second-order valence-electron chi connectivity index (χ2n) is 7.46. The Morgan fingerprint density at radius 2 is 1.81 bits per heavy atom. The molecule has 0 aliphatic heterocycles. The highest BCUT2D eigenvalue weighted by molar-refractivity contribution is 14.1. The van der Waals surface area contributed by atoms with Crippen LogP contribution in [0.1, 0.15) is 49.7 Å². The SMILES string of the molecule is CCCCc1oc2ccccc2c1-c1c(C=O)cc(I)c(OCCN(CC)CC)c1I.Cl. The average Bonchev–Trinajstić information content (AvgIpc) is 3.14. The van der Waals surface area contributed by atoms with Crippen LogP contribution in [0.3, 0.4) is 0 Å². The summed E-state index contributed by atoms with van der Waals surface area (Å²) in [5.74, 6) is 1.79. The summed E-state index contributed by atoms with van der Waals surface area (Å²) < 4.78 is 14.4. The quantitative estimate of drug-likeness (QED) is 0.155. The molecule has 3 rings (SSSR count). The molecule has 174 valence electrons. The van der Waals surface area contributed by atoms with Crippen LogP contribution in [0.4, 0.5) is 0 Å². The maximum atomic E-state index is 12.1. The molecular weight excluding hydrogens is 652 g/mol. The summed E-state index contributed by atoms with van der Waals surface area (Å²) in [6.45, 7) is 10.0. The number of ether oxygens (including phenoxy) is 1. The van der Waals surface area contributed by atoms with Gasteiger partial charge >= 0.3 is 0 Å². The van der Waals surface area contributed by atoms with Gasteiger partial charge in [-0.25, -0.2) is 0 Å². The van der Waals surface area contributed by atoms with Gasteiger partial charge in [0.2, 0.25) is 0 Å². The largest absolute Gasteiger partial charge is 0.490 e. The van der Waals surface area contributed by atoms with Crippen molar-refractivity contribution in [2.45, 2.75) is 40.0 Å².